The number of benzene rings is 1. The summed E-state index contributed by atoms with van der Waals surface area (Å²) < 4.78 is 19.1. The number of anilines is 1. The molecule has 0 aliphatic carbocycles. The molecule has 0 saturated carbocycles. The van der Waals surface area contributed by atoms with Gasteiger partial charge in [-0.15, -0.1) is 10.2 Å². The molecule has 0 radical (unpaired) electrons. The molecule has 0 saturated heterocycles. The molecule has 0 fully saturated rings. The van der Waals surface area contributed by atoms with E-state index >= 15 is 0 Å². The second kappa shape index (κ2) is 4.60. The number of nitrogens with two attached hydrogens (primary N) is 1. The molecule has 0 aliphatic heterocycles. The Kier molecular flexibility index (Phi) is 3.14. The van der Waals surface area contributed by atoms with Gasteiger partial charge in [-0.05, 0) is 37.1 Å². The molecule has 2 N–H and O–H groups in total. The Morgan fingerprint density at radius 2 is 1.89 bits per heavy atom. The molecule has 1 aromatic carbocycles. The first kappa shape index (κ1) is 12.3. The summed E-state index contributed by atoms with van der Waals surface area (Å²) in [6.07, 6.45) is 0. The summed E-state index contributed by atoms with van der Waals surface area (Å²) in [5, 5.41) is 7.81. The minimum absolute atomic E-state index is 0.183. The van der Waals surface area contributed by atoms with E-state index in [1.54, 1.807) is 18.2 Å². The van der Waals surface area contributed by atoms with Crippen molar-refractivity contribution in [3.8, 4) is 17.0 Å². The zero-order valence-corrected chi connectivity index (χ0v) is 10.5. The Morgan fingerprint density at radius 1 is 1.17 bits per heavy atom. The maximum absolute atomic E-state index is 14.1. The van der Waals surface area contributed by atoms with Crippen LogP contribution in [0.4, 0.5) is 10.2 Å². The van der Waals surface area contributed by atoms with Gasteiger partial charge in [-0.3, -0.25) is 0 Å². The Hall–Kier alpha value is -2.17. The highest BCUT2D eigenvalue weighted by Gasteiger charge is 2.16. The Bertz CT molecular complexity index is 599. The van der Waals surface area contributed by atoms with Crippen LogP contribution in [0.15, 0.2) is 18.2 Å². The molecular formula is C13H14FN3O. The molecule has 0 atom stereocenters. The summed E-state index contributed by atoms with van der Waals surface area (Å²) in [5.74, 6) is 0.101. The van der Waals surface area contributed by atoms with Gasteiger partial charge in [-0.25, -0.2) is 4.39 Å². The Morgan fingerprint density at radius 3 is 2.56 bits per heavy atom. The highest BCUT2D eigenvalue weighted by atomic mass is 19.1. The number of aromatic nitrogens is 2. The quantitative estimate of drug-likeness (QED) is 0.885. The van der Waals surface area contributed by atoms with Gasteiger partial charge in [-0.2, -0.15) is 0 Å². The number of nitrogen functional groups attached to an aromatic ring is 1. The van der Waals surface area contributed by atoms with Crippen molar-refractivity contribution in [1.82, 2.24) is 10.2 Å². The molecule has 1 heterocycles. The molecule has 0 unspecified atom stereocenters. The lowest BCUT2D eigenvalue weighted by Crippen LogP contribution is -2.03. The van der Waals surface area contributed by atoms with E-state index in [2.05, 4.69) is 10.2 Å². The maximum atomic E-state index is 14.1. The fourth-order valence-electron chi connectivity index (χ4n) is 1.73. The van der Waals surface area contributed by atoms with Gasteiger partial charge in [0, 0.05) is 5.56 Å². The summed E-state index contributed by atoms with van der Waals surface area (Å²) in [6.45, 7) is 3.68. The third-order valence-electron chi connectivity index (χ3n) is 3.00. The Labute approximate surface area is 105 Å². The van der Waals surface area contributed by atoms with E-state index < -0.39 is 5.82 Å². The van der Waals surface area contributed by atoms with Crippen LogP contribution in [-0.4, -0.2) is 17.3 Å². The number of methoxy groups -OCH3 is 1. The van der Waals surface area contributed by atoms with Gasteiger partial charge >= 0.3 is 0 Å². The van der Waals surface area contributed by atoms with Crippen molar-refractivity contribution in [3.63, 3.8) is 0 Å². The normalized spacial score (nSPS) is 10.4. The molecular weight excluding hydrogens is 233 g/mol. The molecule has 0 bridgehead atoms. The fourth-order valence-corrected chi connectivity index (χ4v) is 1.73. The second-order valence-corrected chi connectivity index (χ2v) is 4.01. The van der Waals surface area contributed by atoms with Crippen molar-refractivity contribution in [2.45, 2.75) is 13.8 Å². The molecule has 0 amide bonds. The van der Waals surface area contributed by atoms with Crippen molar-refractivity contribution >= 4 is 5.82 Å². The first-order valence-corrected chi connectivity index (χ1v) is 5.48. The van der Waals surface area contributed by atoms with Gasteiger partial charge in [0.15, 0.2) is 11.6 Å². The van der Waals surface area contributed by atoms with Gasteiger partial charge in [0.1, 0.15) is 5.82 Å². The molecule has 4 nitrogen and oxygen atoms in total. The van der Waals surface area contributed by atoms with Crippen LogP contribution < -0.4 is 10.5 Å². The molecule has 0 aliphatic rings. The fraction of sp³-hybridized carbons (Fsp3) is 0.231. The first-order chi connectivity index (χ1) is 8.56. The third-order valence-corrected chi connectivity index (χ3v) is 3.00. The van der Waals surface area contributed by atoms with Crippen LogP contribution in [-0.2, 0) is 0 Å². The van der Waals surface area contributed by atoms with Gasteiger partial charge in [0.2, 0.25) is 0 Å². The number of halogens is 1. The minimum atomic E-state index is -0.443. The lowest BCUT2D eigenvalue weighted by atomic mass is 10.0. The average Bonchev–Trinajstić information content (AvgIpc) is 2.37. The summed E-state index contributed by atoms with van der Waals surface area (Å²) in [5.41, 5.74) is 8.14. The number of rotatable bonds is 2. The summed E-state index contributed by atoms with van der Waals surface area (Å²) in [7, 11) is 1.43. The molecule has 5 heteroatoms. The molecule has 1 aromatic heterocycles. The highest BCUT2D eigenvalue weighted by molar-refractivity contribution is 5.68. The molecule has 2 aromatic rings. The predicted molar refractivity (Wildman–Crippen MR) is 67.9 cm³/mol. The van der Waals surface area contributed by atoms with Gasteiger partial charge < -0.3 is 10.5 Å². The lowest BCUT2D eigenvalue weighted by molar-refractivity contribution is 0.387. The first-order valence-electron chi connectivity index (χ1n) is 5.48. The number of hydrogen-bond donors (Lipinski definition) is 1. The van der Waals surface area contributed by atoms with E-state index in [4.69, 9.17) is 10.5 Å². The Balaban J connectivity index is 2.66. The number of nitrogens with zero attached hydrogens (tertiary/aromatic N) is 2. The molecule has 2 rings (SSSR count). The van der Waals surface area contributed by atoms with Gasteiger partial charge in [-0.1, -0.05) is 6.07 Å². The van der Waals surface area contributed by atoms with Crippen molar-refractivity contribution in [3.05, 3.63) is 35.1 Å². The molecule has 18 heavy (non-hydrogen) atoms. The number of ether oxygens (including phenoxy) is 1. The third kappa shape index (κ3) is 1.88. The summed E-state index contributed by atoms with van der Waals surface area (Å²) in [4.78, 5) is 0. The van der Waals surface area contributed by atoms with E-state index in [1.165, 1.54) is 7.11 Å². The highest BCUT2D eigenvalue weighted by Crippen LogP contribution is 2.31. The average molecular weight is 247 g/mol. The number of hydrogen-bond acceptors (Lipinski definition) is 4. The van der Waals surface area contributed by atoms with Crippen molar-refractivity contribution in [2.75, 3.05) is 12.8 Å². The molecule has 94 valence electrons. The van der Waals surface area contributed by atoms with Gasteiger partial charge in [0.05, 0.1) is 12.8 Å². The molecule has 0 spiro atoms. The van der Waals surface area contributed by atoms with E-state index in [1.807, 2.05) is 13.8 Å². The van der Waals surface area contributed by atoms with Crippen molar-refractivity contribution < 1.29 is 9.13 Å². The minimum Gasteiger partial charge on any atom is -0.494 e. The van der Waals surface area contributed by atoms with Gasteiger partial charge in [0.25, 0.3) is 0 Å². The monoisotopic (exact) mass is 247 g/mol. The zero-order valence-electron chi connectivity index (χ0n) is 10.5. The van der Waals surface area contributed by atoms with Crippen LogP contribution in [0.2, 0.25) is 0 Å². The van der Waals surface area contributed by atoms with E-state index in [0.717, 1.165) is 11.1 Å². The van der Waals surface area contributed by atoms with E-state index in [0.29, 0.717) is 17.1 Å². The van der Waals surface area contributed by atoms with Crippen molar-refractivity contribution in [2.24, 2.45) is 0 Å². The topological polar surface area (TPSA) is 61.0 Å². The maximum Gasteiger partial charge on any atom is 0.174 e. The predicted octanol–water partition coefficient (Wildman–Crippen LogP) is 2.49. The van der Waals surface area contributed by atoms with Crippen LogP contribution in [0.1, 0.15) is 11.1 Å². The van der Waals surface area contributed by atoms with Crippen LogP contribution >= 0.6 is 0 Å². The summed E-state index contributed by atoms with van der Waals surface area (Å²) in [6, 6.07) is 4.92. The second-order valence-electron chi connectivity index (χ2n) is 4.01. The SMILES string of the molecule is COc1cccc(-c2nnc(N)c(C)c2C)c1F. The van der Waals surface area contributed by atoms with Crippen molar-refractivity contribution in [1.29, 1.82) is 0 Å². The zero-order chi connectivity index (χ0) is 13.3. The van der Waals surface area contributed by atoms with Crippen LogP contribution in [0.5, 0.6) is 5.75 Å². The lowest BCUT2D eigenvalue weighted by Gasteiger charge is -2.11. The standard InChI is InChI=1S/C13H14FN3O/c1-7-8(2)13(15)17-16-12(7)9-5-4-6-10(18-3)11(9)14/h4-6H,1-3H3,(H2,15,17). The smallest absolute Gasteiger partial charge is 0.174 e. The van der Waals surface area contributed by atoms with E-state index in [-0.39, 0.29) is 5.75 Å². The van der Waals surface area contributed by atoms with Crippen LogP contribution in [0, 0.1) is 19.7 Å². The van der Waals surface area contributed by atoms with Crippen LogP contribution in [0.3, 0.4) is 0 Å². The summed E-state index contributed by atoms with van der Waals surface area (Å²) >= 11 is 0. The van der Waals surface area contributed by atoms with Crippen LogP contribution in [0.25, 0.3) is 11.3 Å². The van der Waals surface area contributed by atoms with E-state index in [9.17, 15) is 4.39 Å². The largest absolute Gasteiger partial charge is 0.494 e.